The molecule has 7 heteroatoms. The predicted octanol–water partition coefficient (Wildman–Crippen LogP) is 4.57. The molecular weight excluding hydrogens is 404 g/mol. The van der Waals surface area contributed by atoms with Gasteiger partial charge in [-0.1, -0.05) is 51.3 Å². The summed E-state index contributed by atoms with van der Waals surface area (Å²) in [5, 5.41) is 29.4. The molecule has 0 aromatic heterocycles. The molecule has 0 heterocycles. The summed E-state index contributed by atoms with van der Waals surface area (Å²) in [5.74, 6) is -0.343. The van der Waals surface area contributed by atoms with Crippen LogP contribution >= 0.6 is 11.8 Å². The van der Waals surface area contributed by atoms with Crippen molar-refractivity contribution in [1.82, 2.24) is 0 Å². The summed E-state index contributed by atoms with van der Waals surface area (Å²) in [5.41, 5.74) is 0. The van der Waals surface area contributed by atoms with Gasteiger partial charge in [0.25, 0.3) is 0 Å². The number of carboxylic acids is 1. The van der Waals surface area contributed by atoms with Gasteiger partial charge in [-0.2, -0.15) is 0 Å². The zero-order valence-electron chi connectivity index (χ0n) is 18.1. The number of hydrogen-bond donors (Lipinski definition) is 3. The second-order valence-electron chi connectivity index (χ2n) is 7.49. The maximum Gasteiger partial charge on any atom is 0.327 e. The molecule has 0 amide bonds. The number of carboxylic acid groups (broad SMARTS) is 1. The van der Waals surface area contributed by atoms with E-state index in [1.807, 2.05) is 13.0 Å². The minimum Gasteiger partial charge on any atom is -0.478 e. The van der Waals surface area contributed by atoms with Crippen LogP contribution < -0.4 is 0 Å². The summed E-state index contributed by atoms with van der Waals surface area (Å²) in [6, 6.07) is 0. The molecule has 0 aromatic rings. The number of carbonyl (C=O) groups excluding carboxylic acids is 1. The molecule has 30 heavy (non-hydrogen) atoms. The van der Waals surface area contributed by atoms with Crippen molar-refractivity contribution in [2.45, 2.75) is 83.8 Å². The molecule has 170 valence electrons. The van der Waals surface area contributed by atoms with Crippen molar-refractivity contribution in [1.29, 1.82) is 0 Å². The third kappa shape index (κ3) is 10.5. The van der Waals surface area contributed by atoms with E-state index >= 15 is 0 Å². The van der Waals surface area contributed by atoms with Crippen LogP contribution in [-0.2, 0) is 14.3 Å². The van der Waals surface area contributed by atoms with Gasteiger partial charge in [0.1, 0.15) is 5.76 Å². The number of ether oxygens (including phenoxy) is 1. The van der Waals surface area contributed by atoms with Gasteiger partial charge in [-0.3, -0.25) is 4.79 Å². The fourth-order valence-electron chi connectivity index (χ4n) is 3.17. The van der Waals surface area contributed by atoms with Crippen LogP contribution in [0.2, 0.25) is 0 Å². The number of rotatable bonds is 15. The molecule has 0 unspecified atom stereocenters. The Hall–Kier alpha value is -1.57. The topological polar surface area (TPSA) is 104 Å². The number of aliphatic hydroxyl groups is 2. The first kappa shape index (κ1) is 26.5. The fourth-order valence-corrected chi connectivity index (χ4v) is 4.42. The summed E-state index contributed by atoms with van der Waals surface area (Å²) in [4.78, 5) is 23.3. The predicted molar refractivity (Wildman–Crippen MR) is 120 cm³/mol. The third-order valence-corrected chi connectivity index (χ3v) is 6.06. The van der Waals surface area contributed by atoms with Crippen molar-refractivity contribution >= 4 is 23.7 Å². The van der Waals surface area contributed by atoms with E-state index in [1.165, 1.54) is 11.8 Å². The Morgan fingerprint density at radius 1 is 1.23 bits per heavy atom. The number of unbranched alkanes of at least 4 members (excludes halogenated alkanes) is 3. The number of esters is 1. The van der Waals surface area contributed by atoms with Gasteiger partial charge in [-0.05, 0) is 31.4 Å². The second-order valence-corrected chi connectivity index (χ2v) is 8.62. The minimum atomic E-state index is -0.961. The van der Waals surface area contributed by atoms with E-state index in [0.29, 0.717) is 37.2 Å². The van der Waals surface area contributed by atoms with E-state index < -0.39 is 18.2 Å². The Bertz CT molecular complexity index is 625. The molecule has 6 nitrogen and oxygen atoms in total. The number of carbonyl (C=O) groups is 2. The van der Waals surface area contributed by atoms with Crippen molar-refractivity contribution in [3.8, 4) is 0 Å². The molecular formula is C23H36O6S. The van der Waals surface area contributed by atoms with Crippen LogP contribution in [0.5, 0.6) is 0 Å². The van der Waals surface area contributed by atoms with Crippen molar-refractivity contribution in [2.24, 2.45) is 5.92 Å². The molecule has 0 aliphatic heterocycles. The molecule has 0 saturated heterocycles. The van der Waals surface area contributed by atoms with Crippen LogP contribution in [0.4, 0.5) is 0 Å². The second kappa shape index (κ2) is 15.3. The fraction of sp³-hybridized carbons (Fsp3) is 0.652. The highest BCUT2D eigenvalue weighted by Crippen LogP contribution is 2.41. The van der Waals surface area contributed by atoms with Crippen LogP contribution in [0.25, 0.3) is 0 Å². The first-order valence-electron chi connectivity index (χ1n) is 10.9. The summed E-state index contributed by atoms with van der Waals surface area (Å²) in [7, 11) is 0. The van der Waals surface area contributed by atoms with Gasteiger partial charge in [0.15, 0.2) is 0 Å². The molecule has 0 spiro atoms. The Kier molecular flexibility index (Phi) is 13.5. The lowest BCUT2D eigenvalue weighted by Crippen LogP contribution is -2.14. The highest BCUT2D eigenvalue weighted by Gasteiger charge is 2.34. The largest absolute Gasteiger partial charge is 0.478 e. The van der Waals surface area contributed by atoms with Crippen molar-refractivity contribution < 1.29 is 29.6 Å². The number of allylic oxidation sites excluding steroid dienone is 1. The van der Waals surface area contributed by atoms with Crippen molar-refractivity contribution in [3.63, 3.8) is 0 Å². The maximum absolute atomic E-state index is 12.0. The standard InChI is InChI=1S/C23H36O6S/c1-3-5-7-11-17(24)13-14-18-19(25)16-20(29-22(28)10-4-2)23(18)30-15-9-6-8-12-21(26)27/h8,12-14,17-19,24-25H,3-7,9-11,15-16H2,1-2H3,(H,26,27)/b12-8+,14-13+/t17-,18-,19+/m0/s1. The SMILES string of the molecule is CCCCC[C@H](O)/C=C/[C@@H]1C(SCCC/C=C/C(=O)O)=C(OC(=O)CCC)C[C@H]1O. The highest BCUT2D eigenvalue weighted by molar-refractivity contribution is 8.03. The van der Waals surface area contributed by atoms with Gasteiger partial charge < -0.3 is 20.1 Å². The lowest BCUT2D eigenvalue weighted by Gasteiger charge is -2.15. The molecule has 0 radical (unpaired) electrons. The Balaban J connectivity index is 2.79. The zero-order valence-corrected chi connectivity index (χ0v) is 18.9. The first-order chi connectivity index (χ1) is 14.4. The van der Waals surface area contributed by atoms with Crippen LogP contribution in [-0.4, -0.2) is 45.2 Å². The molecule has 0 bridgehead atoms. The van der Waals surface area contributed by atoms with E-state index in [-0.39, 0.29) is 18.3 Å². The normalized spacial score (nSPS) is 20.4. The Morgan fingerprint density at radius 3 is 2.67 bits per heavy atom. The lowest BCUT2D eigenvalue weighted by atomic mass is 10.0. The smallest absolute Gasteiger partial charge is 0.327 e. The van der Waals surface area contributed by atoms with Crippen LogP contribution in [0.15, 0.2) is 35.0 Å². The van der Waals surface area contributed by atoms with Crippen LogP contribution in [0, 0.1) is 5.92 Å². The molecule has 3 N–H and O–H groups in total. The number of aliphatic carboxylic acids is 1. The van der Waals surface area contributed by atoms with Gasteiger partial charge in [0.05, 0.1) is 12.2 Å². The van der Waals surface area contributed by atoms with E-state index in [9.17, 15) is 19.8 Å². The monoisotopic (exact) mass is 440 g/mol. The number of aliphatic hydroxyl groups excluding tert-OH is 2. The molecule has 0 saturated carbocycles. The van der Waals surface area contributed by atoms with Gasteiger partial charge in [-0.15, -0.1) is 11.8 Å². The molecule has 3 atom stereocenters. The van der Waals surface area contributed by atoms with Crippen molar-refractivity contribution in [3.05, 3.63) is 35.0 Å². The summed E-state index contributed by atoms with van der Waals surface area (Å²) in [6.45, 7) is 4.02. The molecule has 0 fully saturated rings. The zero-order chi connectivity index (χ0) is 22.4. The van der Waals surface area contributed by atoms with E-state index in [2.05, 4.69) is 6.92 Å². The number of thioether (sulfide) groups is 1. The Morgan fingerprint density at radius 2 is 2.00 bits per heavy atom. The number of hydrogen-bond acceptors (Lipinski definition) is 6. The van der Waals surface area contributed by atoms with Crippen LogP contribution in [0.1, 0.15) is 71.6 Å². The van der Waals surface area contributed by atoms with E-state index in [1.54, 1.807) is 12.2 Å². The van der Waals surface area contributed by atoms with Gasteiger partial charge >= 0.3 is 11.9 Å². The van der Waals surface area contributed by atoms with Gasteiger partial charge in [0.2, 0.25) is 0 Å². The molecule has 0 aromatic carbocycles. The van der Waals surface area contributed by atoms with Crippen LogP contribution in [0.3, 0.4) is 0 Å². The lowest BCUT2D eigenvalue weighted by molar-refractivity contribution is -0.139. The minimum absolute atomic E-state index is 0.275. The molecule has 1 rings (SSSR count). The van der Waals surface area contributed by atoms with E-state index in [0.717, 1.165) is 36.7 Å². The summed E-state index contributed by atoms with van der Waals surface area (Å²) >= 11 is 1.52. The summed E-state index contributed by atoms with van der Waals surface area (Å²) < 4.78 is 5.53. The third-order valence-electron chi connectivity index (χ3n) is 4.75. The van der Waals surface area contributed by atoms with Gasteiger partial charge in [-0.25, -0.2) is 4.79 Å². The quantitative estimate of drug-likeness (QED) is 0.148. The van der Waals surface area contributed by atoms with E-state index in [4.69, 9.17) is 9.84 Å². The van der Waals surface area contributed by atoms with Gasteiger partial charge in [0, 0.05) is 29.7 Å². The summed E-state index contributed by atoms with van der Waals surface area (Å²) in [6.07, 6.45) is 11.6. The molecule has 1 aliphatic carbocycles. The van der Waals surface area contributed by atoms with Crippen molar-refractivity contribution in [2.75, 3.05) is 5.75 Å². The average Bonchev–Trinajstić information content (AvgIpc) is 2.97. The Labute approximate surface area is 184 Å². The molecule has 1 aliphatic rings. The average molecular weight is 441 g/mol. The maximum atomic E-state index is 12.0. The first-order valence-corrected chi connectivity index (χ1v) is 11.9. The highest BCUT2D eigenvalue weighted by atomic mass is 32.2.